The Balaban J connectivity index is 2.59. The number of pyridine rings is 1. The molecule has 1 N–H and O–H groups in total. The number of nitrogens with one attached hydrogen (secondary N) is 1. The molecule has 0 aliphatic rings. The fourth-order valence-electron chi connectivity index (χ4n) is 3.02. The number of carbonyl (C=O) groups is 1. The molecule has 0 spiro atoms. The minimum absolute atomic E-state index is 0.0845. The third-order valence-electron chi connectivity index (χ3n) is 4.42. The molecule has 0 aliphatic heterocycles. The Kier molecular flexibility index (Phi) is 7.27. The number of rotatable bonds is 7. The maximum absolute atomic E-state index is 13.7. The summed E-state index contributed by atoms with van der Waals surface area (Å²) in [5, 5.41) is 2.70. The number of halogens is 3. The van der Waals surface area contributed by atoms with Crippen molar-refractivity contribution in [3.8, 4) is 5.75 Å². The zero-order valence-corrected chi connectivity index (χ0v) is 17.4. The van der Waals surface area contributed by atoms with Crippen LogP contribution >= 0.6 is 0 Å². The first-order valence-electron chi connectivity index (χ1n) is 9.72. The van der Waals surface area contributed by atoms with Crippen molar-refractivity contribution in [1.82, 2.24) is 4.98 Å². The molecule has 4 nitrogen and oxygen atoms in total. The van der Waals surface area contributed by atoms with Crippen molar-refractivity contribution in [2.75, 3.05) is 11.9 Å². The summed E-state index contributed by atoms with van der Waals surface area (Å²) in [5.74, 6) is -0.900. The second-order valence-corrected chi connectivity index (χ2v) is 7.30. The minimum Gasteiger partial charge on any atom is -0.492 e. The second-order valence-electron chi connectivity index (χ2n) is 7.30. The van der Waals surface area contributed by atoms with Gasteiger partial charge in [0.2, 0.25) is 0 Å². The number of benzene rings is 1. The van der Waals surface area contributed by atoms with E-state index in [4.69, 9.17) is 4.74 Å². The zero-order valence-electron chi connectivity index (χ0n) is 17.4. The van der Waals surface area contributed by atoms with Crippen LogP contribution in [0.25, 0.3) is 0 Å². The fraction of sp³-hybridized carbons (Fsp3) is 0.455. The Morgan fingerprint density at radius 3 is 2.24 bits per heavy atom. The number of hydrogen-bond donors (Lipinski definition) is 1. The van der Waals surface area contributed by atoms with Gasteiger partial charge in [-0.2, -0.15) is 13.2 Å². The first-order valence-corrected chi connectivity index (χ1v) is 9.72. The SMILES string of the molecule is CCc1cccc(CC)c1NC(=O)c1c(OCC(C)C)cc(C)nc1C(F)(F)F. The number of amides is 1. The normalized spacial score (nSPS) is 11.6. The Bertz CT molecular complexity index is 855. The van der Waals surface area contributed by atoms with Gasteiger partial charge in [-0.1, -0.05) is 45.9 Å². The average molecular weight is 408 g/mol. The zero-order chi connectivity index (χ0) is 21.8. The third-order valence-corrected chi connectivity index (χ3v) is 4.42. The van der Waals surface area contributed by atoms with Gasteiger partial charge in [0, 0.05) is 17.4 Å². The molecule has 0 unspecified atom stereocenters. The Labute approximate surface area is 169 Å². The predicted octanol–water partition coefficient (Wildman–Crippen LogP) is 5.82. The van der Waals surface area contributed by atoms with Crippen LogP contribution in [0.4, 0.5) is 18.9 Å². The standard InChI is InChI=1S/C22H27F3N2O2/c1-6-15-9-8-10-16(7-2)19(15)27-21(28)18-17(29-12-13(3)4)11-14(5)26-20(18)22(23,24)25/h8-11,13H,6-7,12H2,1-5H3,(H,27,28). The lowest BCUT2D eigenvalue weighted by molar-refractivity contribution is -0.141. The fourth-order valence-corrected chi connectivity index (χ4v) is 3.02. The smallest absolute Gasteiger partial charge is 0.434 e. The summed E-state index contributed by atoms with van der Waals surface area (Å²) in [6.45, 7) is 9.24. The second kappa shape index (κ2) is 9.29. The molecule has 2 rings (SSSR count). The molecule has 158 valence electrons. The van der Waals surface area contributed by atoms with Gasteiger partial charge in [-0.15, -0.1) is 0 Å². The van der Waals surface area contributed by atoms with E-state index in [0.717, 1.165) is 11.1 Å². The van der Waals surface area contributed by atoms with Gasteiger partial charge in [0.25, 0.3) is 5.91 Å². The maximum Gasteiger partial charge on any atom is 0.434 e. The van der Waals surface area contributed by atoms with E-state index in [1.165, 1.54) is 13.0 Å². The molecule has 0 atom stereocenters. The first kappa shape index (κ1) is 22.7. The topological polar surface area (TPSA) is 51.2 Å². The van der Waals surface area contributed by atoms with Gasteiger partial charge in [0.15, 0.2) is 5.69 Å². The van der Waals surface area contributed by atoms with Crippen LogP contribution in [0.1, 0.15) is 60.6 Å². The third kappa shape index (κ3) is 5.49. The Hall–Kier alpha value is -2.57. The first-order chi connectivity index (χ1) is 13.6. The van der Waals surface area contributed by atoms with Crippen molar-refractivity contribution in [2.45, 2.75) is 53.6 Å². The van der Waals surface area contributed by atoms with Crippen LogP contribution in [-0.4, -0.2) is 17.5 Å². The molecule has 0 saturated carbocycles. The lowest BCUT2D eigenvalue weighted by Gasteiger charge is -2.20. The van der Waals surface area contributed by atoms with Crippen LogP contribution in [-0.2, 0) is 19.0 Å². The number of anilines is 1. The van der Waals surface area contributed by atoms with E-state index in [0.29, 0.717) is 18.5 Å². The molecular formula is C22H27F3N2O2. The Morgan fingerprint density at radius 1 is 1.17 bits per heavy atom. The summed E-state index contributed by atoms with van der Waals surface area (Å²) >= 11 is 0. The molecule has 1 amide bonds. The van der Waals surface area contributed by atoms with Crippen molar-refractivity contribution in [3.63, 3.8) is 0 Å². The van der Waals surface area contributed by atoms with E-state index < -0.39 is 23.3 Å². The largest absolute Gasteiger partial charge is 0.492 e. The van der Waals surface area contributed by atoms with Crippen LogP contribution in [0.5, 0.6) is 5.75 Å². The van der Waals surface area contributed by atoms with Crippen LogP contribution in [0.3, 0.4) is 0 Å². The van der Waals surface area contributed by atoms with Gasteiger partial charge in [-0.05, 0) is 36.8 Å². The lowest BCUT2D eigenvalue weighted by Crippen LogP contribution is -2.23. The Morgan fingerprint density at radius 2 is 1.76 bits per heavy atom. The molecule has 0 fully saturated rings. The number of ether oxygens (including phenoxy) is 1. The van der Waals surface area contributed by atoms with Crippen LogP contribution < -0.4 is 10.1 Å². The predicted molar refractivity (Wildman–Crippen MR) is 107 cm³/mol. The molecule has 29 heavy (non-hydrogen) atoms. The molecule has 0 radical (unpaired) electrons. The van der Waals surface area contributed by atoms with E-state index in [1.807, 2.05) is 45.9 Å². The summed E-state index contributed by atoms with van der Waals surface area (Å²) in [4.78, 5) is 16.7. The summed E-state index contributed by atoms with van der Waals surface area (Å²) in [5.41, 5.74) is 0.575. The summed E-state index contributed by atoms with van der Waals surface area (Å²) < 4.78 is 46.7. The molecule has 0 bridgehead atoms. The van der Waals surface area contributed by atoms with Gasteiger partial charge >= 0.3 is 6.18 Å². The van der Waals surface area contributed by atoms with E-state index in [-0.39, 0.29) is 24.0 Å². The number of aromatic nitrogens is 1. The highest BCUT2D eigenvalue weighted by Gasteiger charge is 2.40. The van der Waals surface area contributed by atoms with Crippen molar-refractivity contribution in [1.29, 1.82) is 0 Å². The van der Waals surface area contributed by atoms with Crippen LogP contribution in [0.2, 0.25) is 0 Å². The van der Waals surface area contributed by atoms with E-state index in [2.05, 4.69) is 10.3 Å². The van der Waals surface area contributed by atoms with Gasteiger partial charge in [-0.25, -0.2) is 4.98 Å². The highest BCUT2D eigenvalue weighted by atomic mass is 19.4. The molecule has 1 aromatic carbocycles. The summed E-state index contributed by atoms with van der Waals surface area (Å²) in [6.07, 6.45) is -3.51. The molecule has 0 saturated heterocycles. The molecule has 7 heteroatoms. The monoisotopic (exact) mass is 408 g/mol. The quantitative estimate of drug-likeness (QED) is 0.628. The number of hydrogen-bond acceptors (Lipinski definition) is 3. The van der Waals surface area contributed by atoms with Crippen molar-refractivity contribution in [2.24, 2.45) is 5.92 Å². The number of carbonyl (C=O) groups excluding carboxylic acids is 1. The molecule has 1 heterocycles. The van der Waals surface area contributed by atoms with Crippen molar-refractivity contribution >= 4 is 11.6 Å². The molecular weight excluding hydrogens is 381 g/mol. The molecule has 2 aromatic rings. The van der Waals surface area contributed by atoms with Crippen LogP contribution in [0, 0.1) is 12.8 Å². The molecule has 0 aliphatic carbocycles. The average Bonchev–Trinajstić information content (AvgIpc) is 2.65. The van der Waals surface area contributed by atoms with E-state index in [1.54, 1.807) is 0 Å². The minimum atomic E-state index is -4.79. The van der Waals surface area contributed by atoms with Gasteiger partial charge < -0.3 is 10.1 Å². The van der Waals surface area contributed by atoms with E-state index >= 15 is 0 Å². The summed E-state index contributed by atoms with van der Waals surface area (Å²) in [7, 11) is 0. The number of aryl methyl sites for hydroxylation is 3. The highest BCUT2D eigenvalue weighted by molar-refractivity contribution is 6.08. The van der Waals surface area contributed by atoms with Gasteiger partial charge in [-0.3, -0.25) is 4.79 Å². The van der Waals surface area contributed by atoms with Crippen molar-refractivity contribution < 1.29 is 22.7 Å². The number of alkyl halides is 3. The van der Waals surface area contributed by atoms with Gasteiger partial charge in [0.05, 0.1) is 6.61 Å². The number of para-hydroxylation sites is 1. The number of nitrogens with zero attached hydrogens (tertiary/aromatic N) is 1. The maximum atomic E-state index is 13.7. The van der Waals surface area contributed by atoms with E-state index in [9.17, 15) is 18.0 Å². The van der Waals surface area contributed by atoms with Crippen molar-refractivity contribution in [3.05, 3.63) is 52.3 Å². The highest BCUT2D eigenvalue weighted by Crippen LogP contribution is 2.36. The van der Waals surface area contributed by atoms with Crippen LogP contribution in [0.15, 0.2) is 24.3 Å². The summed E-state index contributed by atoms with van der Waals surface area (Å²) in [6, 6.07) is 6.95. The van der Waals surface area contributed by atoms with Gasteiger partial charge in [0.1, 0.15) is 11.3 Å². The molecule has 1 aromatic heterocycles. The lowest BCUT2D eigenvalue weighted by atomic mass is 10.0.